The van der Waals surface area contributed by atoms with Crippen molar-refractivity contribution in [3.05, 3.63) is 138 Å². The zero-order valence-corrected chi connectivity index (χ0v) is 26.3. The maximum Gasteiger partial charge on any atom is 0.164 e. The van der Waals surface area contributed by atoms with E-state index >= 15 is 0 Å². The molecule has 0 saturated heterocycles. The number of rotatable bonds is 3. The molecule has 0 aliphatic rings. The molecule has 0 N–H and O–H groups in total. The van der Waals surface area contributed by atoms with Gasteiger partial charge in [0.25, 0.3) is 0 Å². The Morgan fingerprint density at radius 1 is 0.489 bits per heavy atom. The molecule has 0 bridgehead atoms. The van der Waals surface area contributed by atoms with Gasteiger partial charge in [-0.15, -0.1) is 11.3 Å². The van der Waals surface area contributed by atoms with Gasteiger partial charge < -0.3 is 4.42 Å². The predicted octanol–water partition coefficient (Wildman–Crippen LogP) is 12.1. The van der Waals surface area contributed by atoms with E-state index in [0.717, 1.165) is 60.0 Å². The number of hydrogen-bond acceptors (Lipinski definition) is 5. The second-order valence-electron chi connectivity index (χ2n) is 11.7. The molecule has 0 aliphatic heterocycles. The second-order valence-corrected chi connectivity index (χ2v) is 13.3. The van der Waals surface area contributed by atoms with Crippen LogP contribution >= 0.6 is 22.9 Å². The van der Waals surface area contributed by atoms with Gasteiger partial charge in [0.15, 0.2) is 17.5 Å². The van der Waals surface area contributed by atoms with E-state index in [1.165, 1.54) is 14.8 Å². The monoisotopic (exact) mass is 639 g/mol. The fourth-order valence-corrected chi connectivity index (χ4v) is 8.15. The lowest BCUT2D eigenvalue weighted by Gasteiger charge is -2.11. The summed E-state index contributed by atoms with van der Waals surface area (Å²) in [6, 6.07) is 45.9. The summed E-state index contributed by atoms with van der Waals surface area (Å²) in [5, 5.41) is 9.25. The molecule has 3 heterocycles. The molecule has 0 aliphatic carbocycles. The number of furan rings is 1. The Morgan fingerprint density at radius 2 is 1.19 bits per heavy atom. The van der Waals surface area contributed by atoms with Gasteiger partial charge in [0, 0.05) is 64.1 Å². The minimum absolute atomic E-state index is 0.540. The van der Waals surface area contributed by atoms with Crippen LogP contribution in [0.4, 0.5) is 0 Å². The average Bonchev–Trinajstić information content (AvgIpc) is 3.69. The third kappa shape index (κ3) is 4.17. The van der Waals surface area contributed by atoms with Crippen LogP contribution in [0.25, 0.3) is 97.8 Å². The highest BCUT2D eigenvalue weighted by atomic mass is 35.5. The fraction of sp³-hybridized carbons (Fsp3) is 0. The van der Waals surface area contributed by atoms with E-state index in [2.05, 4.69) is 109 Å². The number of thiophene rings is 1. The van der Waals surface area contributed by atoms with Crippen LogP contribution in [0.2, 0.25) is 5.02 Å². The topological polar surface area (TPSA) is 51.8 Å². The third-order valence-electron chi connectivity index (χ3n) is 8.96. The molecule has 0 spiro atoms. The average molecular weight is 640 g/mol. The Bertz CT molecular complexity index is 2890. The van der Waals surface area contributed by atoms with Crippen molar-refractivity contribution in [3.63, 3.8) is 0 Å². The number of benzene rings is 7. The SMILES string of the molecule is Clc1cc(-c2nc(-c3ccc4ccccc4c3)nc(-c3cccc4sc5ccccc5c34)n2)c2c(c1)oc1c3ccccc3ccc12. The first kappa shape index (κ1) is 26.6. The molecule has 47 heavy (non-hydrogen) atoms. The van der Waals surface area contributed by atoms with E-state index in [1.54, 1.807) is 11.3 Å². The van der Waals surface area contributed by atoms with Crippen LogP contribution in [0.1, 0.15) is 0 Å². The molecular weight excluding hydrogens is 618 g/mol. The lowest BCUT2D eigenvalue weighted by Crippen LogP contribution is -2.01. The standard InChI is InChI=1S/C41H22ClN3OS/c42-27-21-32(36-30-19-18-24-9-3-4-11-28(24)38(30)46-33(36)22-27)41-44-39(26-17-16-23-8-1-2-10-25(23)20-26)43-40(45-41)31-13-7-15-35-37(31)29-12-5-6-14-34(29)47-35/h1-22H. The van der Waals surface area contributed by atoms with Crippen LogP contribution in [-0.4, -0.2) is 15.0 Å². The molecule has 6 heteroatoms. The van der Waals surface area contributed by atoms with E-state index in [4.69, 9.17) is 31.0 Å². The Morgan fingerprint density at radius 3 is 2.09 bits per heavy atom. The summed E-state index contributed by atoms with van der Waals surface area (Å²) in [6.45, 7) is 0. The van der Waals surface area contributed by atoms with Gasteiger partial charge in [-0.25, -0.2) is 15.0 Å². The molecule has 7 aromatic carbocycles. The summed E-state index contributed by atoms with van der Waals surface area (Å²) >= 11 is 8.58. The Kier molecular flexibility index (Phi) is 5.77. The number of fused-ring (bicyclic) bond motifs is 9. The zero-order valence-electron chi connectivity index (χ0n) is 24.7. The highest BCUT2D eigenvalue weighted by Crippen LogP contribution is 2.43. The molecule has 10 aromatic rings. The summed E-state index contributed by atoms with van der Waals surface area (Å²) in [6.07, 6.45) is 0. The summed E-state index contributed by atoms with van der Waals surface area (Å²) in [5.41, 5.74) is 4.19. The van der Waals surface area contributed by atoms with Crippen molar-refractivity contribution in [2.24, 2.45) is 0 Å². The summed E-state index contributed by atoms with van der Waals surface area (Å²) in [4.78, 5) is 15.5. The van der Waals surface area contributed by atoms with Crippen LogP contribution in [0.3, 0.4) is 0 Å². The molecule has 220 valence electrons. The number of halogens is 1. The maximum atomic E-state index is 6.80. The van der Waals surface area contributed by atoms with Crippen molar-refractivity contribution < 1.29 is 4.42 Å². The quantitative estimate of drug-likeness (QED) is 0.193. The van der Waals surface area contributed by atoms with E-state index in [1.807, 2.05) is 24.3 Å². The fourth-order valence-electron chi connectivity index (χ4n) is 6.81. The Hall–Kier alpha value is -5.62. The first-order valence-corrected chi connectivity index (χ1v) is 16.6. The van der Waals surface area contributed by atoms with Gasteiger partial charge in [-0.05, 0) is 46.5 Å². The number of nitrogens with zero attached hydrogens (tertiary/aromatic N) is 3. The summed E-state index contributed by atoms with van der Waals surface area (Å²) in [5.74, 6) is 1.75. The summed E-state index contributed by atoms with van der Waals surface area (Å²) < 4.78 is 8.95. The lowest BCUT2D eigenvalue weighted by atomic mass is 10.0. The lowest BCUT2D eigenvalue weighted by molar-refractivity contribution is 0.673. The highest BCUT2D eigenvalue weighted by Gasteiger charge is 2.21. The Balaban J connectivity index is 1.30. The molecule has 0 radical (unpaired) electrons. The van der Waals surface area contributed by atoms with E-state index in [0.29, 0.717) is 28.1 Å². The van der Waals surface area contributed by atoms with E-state index in [9.17, 15) is 0 Å². The molecule has 0 saturated carbocycles. The van der Waals surface area contributed by atoms with Gasteiger partial charge in [-0.2, -0.15) is 0 Å². The highest BCUT2D eigenvalue weighted by molar-refractivity contribution is 7.25. The third-order valence-corrected chi connectivity index (χ3v) is 10.3. The zero-order chi connectivity index (χ0) is 31.1. The van der Waals surface area contributed by atoms with Crippen molar-refractivity contribution in [3.8, 4) is 34.2 Å². The van der Waals surface area contributed by atoms with Crippen molar-refractivity contribution in [1.82, 2.24) is 15.0 Å². The minimum atomic E-state index is 0.540. The molecular formula is C41H22ClN3OS. The van der Waals surface area contributed by atoms with Crippen LogP contribution in [0, 0.1) is 0 Å². The molecule has 0 atom stereocenters. The van der Waals surface area contributed by atoms with Crippen LogP contribution in [0.5, 0.6) is 0 Å². The van der Waals surface area contributed by atoms with Gasteiger partial charge in [-0.3, -0.25) is 0 Å². The predicted molar refractivity (Wildman–Crippen MR) is 196 cm³/mol. The summed E-state index contributed by atoms with van der Waals surface area (Å²) in [7, 11) is 0. The van der Waals surface area contributed by atoms with Crippen molar-refractivity contribution in [2.45, 2.75) is 0 Å². The van der Waals surface area contributed by atoms with Crippen LogP contribution < -0.4 is 0 Å². The molecule has 3 aromatic heterocycles. The smallest absolute Gasteiger partial charge is 0.164 e. The molecule has 0 amide bonds. The normalized spacial score (nSPS) is 11.9. The number of hydrogen-bond donors (Lipinski definition) is 0. The van der Waals surface area contributed by atoms with Gasteiger partial charge in [0.1, 0.15) is 11.2 Å². The van der Waals surface area contributed by atoms with Crippen molar-refractivity contribution in [2.75, 3.05) is 0 Å². The first-order valence-electron chi connectivity index (χ1n) is 15.4. The second kappa shape index (κ2) is 10.2. The van der Waals surface area contributed by atoms with E-state index < -0.39 is 0 Å². The van der Waals surface area contributed by atoms with Crippen LogP contribution in [0.15, 0.2) is 138 Å². The van der Waals surface area contributed by atoms with Gasteiger partial charge >= 0.3 is 0 Å². The van der Waals surface area contributed by atoms with Gasteiger partial charge in [0.05, 0.1) is 0 Å². The largest absolute Gasteiger partial charge is 0.455 e. The molecule has 4 nitrogen and oxygen atoms in total. The number of aromatic nitrogens is 3. The minimum Gasteiger partial charge on any atom is -0.455 e. The molecule has 0 unspecified atom stereocenters. The van der Waals surface area contributed by atoms with Crippen molar-refractivity contribution in [1.29, 1.82) is 0 Å². The van der Waals surface area contributed by atoms with Crippen LogP contribution in [-0.2, 0) is 0 Å². The van der Waals surface area contributed by atoms with Gasteiger partial charge in [-0.1, -0.05) is 109 Å². The molecule has 10 rings (SSSR count). The van der Waals surface area contributed by atoms with Crippen molar-refractivity contribution >= 4 is 86.6 Å². The molecule has 0 fully saturated rings. The first-order chi connectivity index (χ1) is 23.2. The van der Waals surface area contributed by atoms with Gasteiger partial charge in [0.2, 0.25) is 0 Å². The Labute approximate surface area is 277 Å². The van der Waals surface area contributed by atoms with E-state index in [-0.39, 0.29) is 0 Å². The maximum absolute atomic E-state index is 6.80.